The van der Waals surface area contributed by atoms with E-state index in [-0.39, 0.29) is 0 Å². The summed E-state index contributed by atoms with van der Waals surface area (Å²) in [6, 6.07) is 35.6. The topological polar surface area (TPSA) is 36.9 Å². The second kappa shape index (κ2) is 23.4. The summed E-state index contributed by atoms with van der Waals surface area (Å²) in [5.41, 5.74) is 0. The number of rotatable bonds is 20. The van der Waals surface area contributed by atoms with Gasteiger partial charge in [-0.25, -0.2) is 0 Å². The van der Waals surface area contributed by atoms with Gasteiger partial charge in [0.05, 0.1) is 0 Å². The number of fused-ring (bicyclic) bond motifs is 2. The molecule has 0 atom stereocenters. The monoisotopic (exact) mass is 910 g/mol. The first-order valence-corrected chi connectivity index (χ1v) is 37.0. The molecule has 0 aliphatic rings. The van der Waals surface area contributed by atoms with Crippen molar-refractivity contribution in [3.63, 3.8) is 0 Å². The van der Waals surface area contributed by atoms with E-state index >= 15 is 0 Å². The molecule has 4 rings (SSSR count). The second-order valence-corrected chi connectivity index (χ2v) is 36.9. The average Bonchev–Trinajstić information content (AvgIpc) is 3.86. The molecule has 53 heavy (non-hydrogen) atoms. The van der Waals surface area contributed by atoms with Crippen LogP contribution >= 0.6 is 17.0 Å². The van der Waals surface area contributed by atoms with E-state index < -0.39 is 54.1 Å². The van der Waals surface area contributed by atoms with Crippen molar-refractivity contribution in [2.24, 2.45) is 0 Å². The SMILES string of the molecule is CC[Si](CC)(CC)Oc1cc2cc[cH-]c2cc1O[Si](CC)(CC)CC.CC[Si](CC)(CC)Oc1cc2cc[cH-]c2cc1O[Si](CC)(CC)CC.[Cl][Zr+2][Cl]. The number of hydrogen-bond donors (Lipinski definition) is 0. The first kappa shape index (κ1) is 48.3. The number of hydrogen-bond acceptors (Lipinski definition) is 4. The van der Waals surface area contributed by atoms with Gasteiger partial charge < -0.3 is 17.7 Å². The minimum atomic E-state index is -1.73. The fourth-order valence-corrected chi connectivity index (χ4v) is 17.6. The predicted molar refractivity (Wildman–Crippen MR) is 242 cm³/mol. The maximum absolute atomic E-state index is 6.77. The van der Waals surface area contributed by atoms with Gasteiger partial charge in [0.25, 0.3) is 16.6 Å². The zero-order valence-corrected chi connectivity index (χ0v) is 43.1. The molecule has 296 valence electrons. The Balaban J connectivity index is 0.000000341. The van der Waals surface area contributed by atoms with Crippen LogP contribution in [0.4, 0.5) is 0 Å². The molecule has 0 N–H and O–H groups in total. The zero-order chi connectivity index (χ0) is 39.7. The van der Waals surface area contributed by atoms with Crippen LogP contribution < -0.4 is 17.7 Å². The van der Waals surface area contributed by atoms with Crippen LogP contribution in [-0.2, 0) is 20.8 Å². The molecule has 0 saturated carbocycles. The van der Waals surface area contributed by atoms with E-state index in [4.69, 9.17) is 34.7 Å². The molecule has 4 aromatic carbocycles. The Morgan fingerprint density at radius 2 is 0.623 bits per heavy atom. The third-order valence-corrected chi connectivity index (χ3v) is 30.5. The molecule has 11 heteroatoms. The van der Waals surface area contributed by atoms with Gasteiger partial charge in [-0.1, -0.05) is 107 Å². The van der Waals surface area contributed by atoms with Crippen molar-refractivity contribution in [3.05, 3.63) is 60.7 Å². The van der Waals surface area contributed by atoms with Crippen LogP contribution in [-0.4, -0.2) is 33.3 Å². The van der Waals surface area contributed by atoms with Gasteiger partial charge in [0.15, 0.2) is 0 Å². The van der Waals surface area contributed by atoms with Crippen molar-refractivity contribution in [3.8, 4) is 23.0 Å². The quantitative estimate of drug-likeness (QED) is 0.0654. The van der Waals surface area contributed by atoms with Gasteiger partial charge in [0, 0.05) is 0 Å². The Bertz CT molecular complexity index is 1350. The first-order chi connectivity index (χ1) is 25.4. The molecule has 0 spiro atoms. The van der Waals surface area contributed by atoms with Crippen LogP contribution in [0, 0.1) is 0 Å². The van der Waals surface area contributed by atoms with Crippen molar-refractivity contribution in [1.29, 1.82) is 0 Å². The van der Waals surface area contributed by atoms with E-state index in [0.29, 0.717) is 0 Å². The van der Waals surface area contributed by atoms with E-state index in [0.717, 1.165) is 95.5 Å². The third-order valence-electron chi connectivity index (χ3n) is 12.4. The molecule has 4 nitrogen and oxygen atoms in total. The van der Waals surface area contributed by atoms with Gasteiger partial charge in [-0.3, -0.25) is 0 Å². The number of benzene rings is 2. The Labute approximate surface area is 346 Å². The molecule has 0 unspecified atom stereocenters. The zero-order valence-electron chi connectivity index (χ0n) is 35.1. The number of halogens is 2. The van der Waals surface area contributed by atoms with Gasteiger partial charge in [-0.05, 0) is 72.5 Å². The van der Waals surface area contributed by atoms with E-state index in [1.165, 1.54) is 21.5 Å². The molecule has 0 saturated heterocycles. The second-order valence-electron chi connectivity index (χ2n) is 14.4. The van der Waals surface area contributed by atoms with Gasteiger partial charge in [-0.15, -0.1) is 33.7 Å². The molecule has 0 aliphatic carbocycles. The van der Waals surface area contributed by atoms with E-state index in [1.807, 2.05) is 0 Å². The molecule has 0 amide bonds. The van der Waals surface area contributed by atoms with Crippen LogP contribution in [0.25, 0.3) is 21.5 Å². The van der Waals surface area contributed by atoms with Gasteiger partial charge >= 0.3 is 37.9 Å². The van der Waals surface area contributed by atoms with Crippen LogP contribution in [0.1, 0.15) is 83.1 Å². The minimum absolute atomic E-state index is 0.826. The van der Waals surface area contributed by atoms with Crippen LogP contribution in [0.3, 0.4) is 0 Å². The summed E-state index contributed by atoms with van der Waals surface area (Å²) < 4.78 is 27.1. The van der Waals surface area contributed by atoms with Gasteiger partial charge in [0.2, 0.25) is 16.6 Å². The van der Waals surface area contributed by atoms with E-state index in [2.05, 4.69) is 144 Å². The summed E-state index contributed by atoms with van der Waals surface area (Å²) in [5.74, 6) is 3.96. The Hall–Kier alpha value is -0.809. The average molecular weight is 913 g/mol. The fraction of sp³-hybridized carbons (Fsp3) is 0.571. The van der Waals surface area contributed by atoms with Crippen molar-refractivity contribution >= 4 is 71.8 Å². The molecular weight excluding hydrogens is 843 g/mol. The van der Waals surface area contributed by atoms with Crippen LogP contribution in [0.2, 0.25) is 72.5 Å². The molecule has 0 aliphatic heterocycles. The maximum atomic E-state index is 6.77. The van der Waals surface area contributed by atoms with Crippen molar-refractivity contribution < 1.29 is 38.6 Å². The Morgan fingerprint density at radius 1 is 0.415 bits per heavy atom. The fourth-order valence-electron chi connectivity index (χ4n) is 7.39. The standard InChI is InChI=1S/2C21H35O2Si2.2ClH.Zr/c2*1-7-24(8-2,9-3)22-20-16-18-14-13-15-19(18)17-21(20)23-25(10-4,11-5)12-6;;;/h2*13-17H,7-12H2,1-6H3;2*1H;/q2*-1;;;+4/p-2. The normalized spacial score (nSPS) is 12.0. The molecular formula is C42H70Cl2O4Si4Zr. The van der Waals surface area contributed by atoms with Gasteiger partial charge in [0.1, 0.15) is 23.0 Å². The van der Waals surface area contributed by atoms with Gasteiger partial charge in [-0.2, -0.15) is 24.3 Å². The summed E-state index contributed by atoms with van der Waals surface area (Å²) in [6.45, 7) is 27.4. The van der Waals surface area contributed by atoms with Crippen molar-refractivity contribution in [1.82, 2.24) is 0 Å². The van der Waals surface area contributed by atoms with E-state index in [1.54, 1.807) is 0 Å². The summed E-state index contributed by atoms with van der Waals surface area (Å²) in [6.07, 6.45) is 0. The summed E-state index contributed by atoms with van der Waals surface area (Å²) in [7, 11) is 2.96. The molecule has 4 aromatic rings. The van der Waals surface area contributed by atoms with Crippen LogP contribution in [0.15, 0.2) is 60.7 Å². The Kier molecular flexibility index (Phi) is 21.4. The summed E-state index contributed by atoms with van der Waals surface area (Å²) in [5, 5.41) is 5.02. The van der Waals surface area contributed by atoms with Crippen molar-refractivity contribution in [2.75, 3.05) is 0 Å². The molecule has 0 radical (unpaired) electrons. The van der Waals surface area contributed by atoms with Crippen LogP contribution in [0.5, 0.6) is 23.0 Å². The summed E-state index contributed by atoms with van der Waals surface area (Å²) in [4.78, 5) is 0. The Morgan fingerprint density at radius 3 is 0.830 bits per heavy atom. The molecule has 0 fully saturated rings. The van der Waals surface area contributed by atoms with E-state index in [9.17, 15) is 0 Å². The molecule has 0 aromatic heterocycles. The predicted octanol–water partition coefficient (Wildman–Crippen LogP) is 16.0. The molecule has 0 heterocycles. The first-order valence-electron chi connectivity index (χ1n) is 20.5. The molecule has 0 bridgehead atoms. The summed E-state index contributed by atoms with van der Waals surface area (Å²) >= 11 is -0.826. The third kappa shape index (κ3) is 12.6. The van der Waals surface area contributed by atoms with Crippen molar-refractivity contribution in [2.45, 2.75) is 156 Å².